The van der Waals surface area contributed by atoms with Crippen molar-refractivity contribution in [1.82, 2.24) is 14.8 Å². The van der Waals surface area contributed by atoms with Gasteiger partial charge in [0.05, 0.1) is 21.5 Å². The minimum absolute atomic E-state index is 0.181. The van der Waals surface area contributed by atoms with Crippen molar-refractivity contribution >= 4 is 46.6 Å². The fourth-order valence-electron chi connectivity index (χ4n) is 1.43. The lowest BCUT2D eigenvalue weighted by Gasteiger charge is -2.07. The van der Waals surface area contributed by atoms with Gasteiger partial charge < -0.3 is 9.88 Å². The molecule has 1 heterocycles. The van der Waals surface area contributed by atoms with Crippen LogP contribution in [0.3, 0.4) is 0 Å². The number of amides is 1. The Bertz CT molecular complexity index is 644. The average molecular weight is 331 g/mol. The lowest BCUT2D eigenvalue weighted by Crippen LogP contribution is -2.14. The Labute approximate surface area is 130 Å². The molecule has 0 aliphatic heterocycles. The van der Waals surface area contributed by atoms with E-state index in [0.717, 1.165) is 5.82 Å². The van der Waals surface area contributed by atoms with Gasteiger partial charge in [0.15, 0.2) is 5.16 Å². The SMILES string of the molecule is Cc1nnc(SCC(=O)Nc2cccc(Cl)c2Cl)n1C. The van der Waals surface area contributed by atoms with Crippen LogP contribution in [0.15, 0.2) is 23.4 Å². The first kappa shape index (κ1) is 15.2. The van der Waals surface area contributed by atoms with Gasteiger partial charge in [-0.1, -0.05) is 41.0 Å². The molecule has 0 saturated carbocycles. The van der Waals surface area contributed by atoms with Crippen molar-refractivity contribution in [3.05, 3.63) is 34.1 Å². The molecule has 20 heavy (non-hydrogen) atoms. The van der Waals surface area contributed by atoms with Crippen LogP contribution in [0.5, 0.6) is 0 Å². The zero-order valence-corrected chi connectivity index (χ0v) is 13.2. The molecule has 0 radical (unpaired) electrons. The van der Waals surface area contributed by atoms with Crippen LogP contribution in [-0.2, 0) is 11.8 Å². The highest BCUT2D eigenvalue weighted by atomic mass is 35.5. The van der Waals surface area contributed by atoms with Crippen molar-refractivity contribution in [3.63, 3.8) is 0 Å². The number of halogens is 2. The van der Waals surface area contributed by atoms with Crippen LogP contribution >= 0.6 is 35.0 Å². The molecule has 0 aliphatic carbocycles. The molecule has 0 spiro atoms. The van der Waals surface area contributed by atoms with Gasteiger partial charge in [0.1, 0.15) is 5.82 Å². The molecule has 1 N–H and O–H groups in total. The quantitative estimate of drug-likeness (QED) is 0.875. The van der Waals surface area contributed by atoms with E-state index in [4.69, 9.17) is 23.2 Å². The minimum atomic E-state index is -0.181. The van der Waals surface area contributed by atoms with Crippen LogP contribution < -0.4 is 5.32 Å². The van der Waals surface area contributed by atoms with Gasteiger partial charge in [-0.2, -0.15) is 0 Å². The molecule has 0 aliphatic rings. The van der Waals surface area contributed by atoms with E-state index in [1.807, 2.05) is 18.5 Å². The van der Waals surface area contributed by atoms with Gasteiger partial charge in [-0.15, -0.1) is 10.2 Å². The molecule has 1 aromatic heterocycles. The van der Waals surface area contributed by atoms with Crippen LogP contribution in [-0.4, -0.2) is 26.4 Å². The summed E-state index contributed by atoms with van der Waals surface area (Å²) >= 11 is 13.2. The number of anilines is 1. The molecular formula is C12H12Cl2N4OS. The monoisotopic (exact) mass is 330 g/mol. The number of aromatic nitrogens is 3. The van der Waals surface area contributed by atoms with Gasteiger partial charge in [-0.25, -0.2) is 0 Å². The third-order valence-electron chi connectivity index (χ3n) is 2.61. The van der Waals surface area contributed by atoms with Crippen molar-refractivity contribution in [2.75, 3.05) is 11.1 Å². The number of carbonyl (C=O) groups is 1. The number of aryl methyl sites for hydroxylation is 1. The Morgan fingerprint density at radius 2 is 2.15 bits per heavy atom. The molecular weight excluding hydrogens is 319 g/mol. The first-order valence-corrected chi connectivity index (χ1v) is 7.46. The third kappa shape index (κ3) is 3.45. The Hall–Kier alpha value is -1.24. The van der Waals surface area contributed by atoms with E-state index in [1.165, 1.54) is 11.8 Å². The van der Waals surface area contributed by atoms with Crippen LogP contribution in [0.2, 0.25) is 10.0 Å². The molecule has 1 aromatic carbocycles. The summed E-state index contributed by atoms with van der Waals surface area (Å²) in [7, 11) is 1.85. The van der Waals surface area contributed by atoms with Gasteiger partial charge >= 0.3 is 0 Å². The molecule has 0 bridgehead atoms. The summed E-state index contributed by atoms with van der Waals surface area (Å²) in [6, 6.07) is 5.09. The number of thioether (sulfide) groups is 1. The highest BCUT2D eigenvalue weighted by Crippen LogP contribution is 2.29. The van der Waals surface area contributed by atoms with Crippen LogP contribution in [0.25, 0.3) is 0 Å². The van der Waals surface area contributed by atoms with Crippen molar-refractivity contribution in [1.29, 1.82) is 0 Å². The van der Waals surface area contributed by atoms with E-state index in [1.54, 1.807) is 18.2 Å². The largest absolute Gasteiger partial charge is 0.324 e. The molecule has 1 amide bonds. The summed E-state index contributed by atoms with van der Waals surface area (Å²) in [5.74, 6) is 0.833. The molecule has 0 atom stereocenters. The zero-order chi connectivity index (χ0) is 14.7. The molecule has 0 fully saturated rings. The number of benzene rings is 1. The maximum absolute atomic E-state index is 11.9. The maximum atomic E-state index is 11.9. The van der Waals surface area contributed by atoms with E-state index in [2.05, 4.69) is 15.5 Å². The van der Waals surface area contributed by atoms with Crippen LogP contribution in [0.4, 0.5) is 5.69 Å². The van der Waals surface area contributed by atoms with Crippen LogP contribution in [0, 0.1) is 6.92 Å². The number of hydrogen-bond acceptors (Lipinski definition) is 4. The lowest BCUT2D eigenvalue weighted by molar-refractivity contribution is -0.113. The molecule has 2 rings (SSSR count). The molecule has 5 nitrogen and oxygen atoms in total. The highest BCUT2D eigenvalue weighted by molar-refractivity contribution is 7.99. The van der Waals surface area contributed by atoms with Gasteiger partial charge in [0, 0.05) is 7.05 Å². The summed E-state index contributed by atoms with van der Waals surface area (Å²) in [6.07, 6.45) is 0. The first-order valence-electron chi connectivity index (χ1n) is 5.71. The predicted octanol–water partition coefficient (Wildman–Crippen LogP) is 3.16. The van der Waals surface area contributed by atoms with Gasteiger partial charge in [-0.05, 0) is 19.1 Å². The smallest absolute Gasteiger partial charge is 0.234 e. The maximum Gasteiger partial charge on any atom is 0.234 e. The molecule has 8 heteroatoms. The number of hydrogen-bond donors (Lipinski definition) is 1. The fourth-order valence-corrected chi connectivity index (χ4v) is 2.53. The van der Waals surface area contributed by atoms with Crippen LogP contribution in [0.1, 0.15) is 5.82 Å². The number of rotatable bonds is 4. The summed E-state index contributed by atoms with van der Waals surface area (Å²) in [4.78, 5) is 11.9. The van der Waals surface area contributed by atoms with Crippen molar-refractivity contribution in [2.24, 2.45) is 7.05 Å². The fraction of sp³-hybridized carbons (Fsp3) is 0.250. The standard InChI is InChI=1S/C12H12Cl2N4OS/c1-7-16-17-12(18(7)2)20-6-10(19)15-9-5-3-4-8(13)11(9)14/h3-5H,6H2,1-2H3,(H,15,19). The molecule has 0 unspecified atom stereocenters. The van der Waals surface area contributed by atoms with Gasteiger partial charge in [-0.3, -0.25) is 4.79 Å². The number of carbonyl (C=O) groups excluding carboxylic acids is 1. The lowest BCUT2D eigenvalue weighted by atomic mass is 10.3. The van der Waals surface area contributed by atoms with Crippen molar-refractivity contribution in [3.8, 4) is 0 Å². The Morgan fingerprint density at radius 3 is 2.80 bits per heavy atom. The van der Waals surface area contributed by atoms with Crippen molar-refractivity contribution < 1.29 is 4.79 Å². The zero-order valence-electron chi connectivity index (χ0n) is 10.9. The Morgan fingerprint density at radius 1 is 1.40 bits per heavy atom. The van der Waals surface area contributed by atoms with E-state index in [-0.39, 0.29) is 11.7 Å². The summed E-state index contributed by atoms with van der Waals surface area (Å²) in [6.45, 7) is 1.85. The van der Waals surface area contributed by atoms with Crippen molar-refractivity contribution in [2.45, 2.75) is 12.1 Å². The van der Waals surface area contributed by atoms with E-state index >= 15 is 0 Å². The topological polar surface area (TPSA) is 59.8 Å². The van der Waals surface area contributed by atoms with Gasteiger partial charge in [0.2, 0.25) is 5.91 Å². The summed E-state index contributed by atoms with van der Waals surface area (Å²) in [5.41, 5.74) is 0.499. The molecule has 106 valence electrons. The number of nitrogens with zero attached hydrogens (tertiary/aromatic N) is 3. The second kappa shape index (κ2) is 6.47. The highest BCUT2D eigenvalue weighted by Gasteiger charge is 2.11. The Kier molecular flexibility index (Phi) is 4.91. The van der Waals surface area contributed by atoms with Gasteiger partial charge in [0.25, 0.3) is 0 Å². The first-order chi connectivity index (χ1) is 9.49. The summed E-state index contributed by atoms with van der Waals surface area (Å²) < 4.78 is 1.82. The number of nitrogens with one attached hydrogen (secondary N) is 1. The van der Waals surface area contributed by atoms with E-state index < -0.39 is 0 Å². The van der Waals surface area contributed by atoms with E-state index in [9.17, 15) is 4.79 Å². The third-order valence-corrected chi connectivity index (χ3v) is 4.45. The Balaban J connectivity index is 1.96. The second-order valence-electron chi connectivity index (χ2n) is 4.03. The normalized spacial score (nSPS) is 10.6. The second-order valence-corrected chi connectivity index (χ2v) is 5.75. The predicted molar refractivity (Wildman–Crippen MR) is 81.6 cm³/mol. The van der Waals surface area contributed by atoms with E-state index in [0.29, 0.717) is 20.9 Å². The summed E-state index contributed by atoms with van der Waals surface area (Å²) in [5, 5.41) is 12.0. The minimum Gasteiger partial charge on any atom is -0.324 e. The molecule has 2 aromatic rings. The molecule has 0 saturated heterocycles. The average Bonchev–Trinajstić information content (AvgIpc) is 2.73.